The zero-order valence-electron chi connectivity index (χ0n) is 13.1. The van der Waals surface area contributed by atoms with Gasteiger partial charge in [-0.05, 0) is 23.6 Å². The molecule has 0 saturated carbocycles. The molecule has 8 heteroatoms. The lowest BCUT2D eigenvalue weighted by Gasteiger charge is -2.13. The minimum atomic E-state index is -0.639. The first kappa shape index (κ1) is 15.5. The minimum absolute atomic E-state index is 0.0850. The van der Waals surface area contributed by atoms with Crippen molar-refractivity contribution in [3.8, 4) is 11.5 Å². The summed E-state index contributed by atoms with van der Waals surface area (Å²) in [7, 11) is 1.75. The number of carbonyl (C=O) groups is 1. The van der Waals surface area contributed by atoms with Crippen molar-refractivity contribution in [1.29, 1.82) is 0 Å². The van der Waals surface area contributed by atoms with Crippen LogP contribution in [0.1, 0.15) is 35.8 Å². The van der Waals surface area contributed by atoms with E-state index in [1.54, 1.807) is 11.6 Å². The molecule has 2 aromatic rings. The van der Waals surface area contributed by atoms with Crippen LogP contribution in [0.4, 0.5) is 5.82 Å². The zero-order chi connectivity index (χ0) is 16.7. The second-order valence-corrected chi connectivity index (χ2v) is 6.56. The molecule has 4 N–H and O–H groups in total. The van der Waals surface area contributed by atoms with Gasteiger partial charge in [0.25, 0.3) is 5.91 Å². The fourth-order valence-electron chi connectivity index (χ4n) is 2.34. The molecule has 1 aromatic heterocycles. The first-order chi connectivity index (χ1) is 10.9. The number of nitrogens with two attached hydrogens (primary N) is 2. The van der Waals surface area contributed by atoms with Crippen molar-refractivity contribution in [2.75, 3.05) is 12.5 Å². The molecule has 122 valence electrons. The van der Waals surface area contributed by atoms with Crippen LogP contribution >= 0.6 is 11.8 Å². The third-order valence-corrected chi connectivity index (χ3v) is 4.78. The van der Waals surface area contributed by atoms with Crippen LogP contribution in [0.15, 0.2) is 22.2 Å². The van der Waals surface area contributed by atoms with E-state index in [-0.39, 0.29) is 18.3 Å². The Bertz CT molecular complexity index is 786. The van der Waals surface area contributed by atoms with Gasteiger partial charge in [0.05, 0.1) is 0 Å². The van der Waals surface area contributed by atoms with E-state index in [0.29, 0.717) is 16.8 Å². The van der Waals surface area contributed by atoms with Gasteiger partial charge in [-0.25, -0.2) is 4.98 Å². The van der Waals surface area contributed by atoms with E-state index in [4.69, 9.17) is 20.9 Å². The number of rotatable bonds is 4. The Balaban J connectivity index is 2.03. The van der Waals surface area contributed by atoms with Crippen molar-refractivity contribution < 1.29 is 14.3 Å². The number of nitrogen functional groups attached to an aromatic ring is 1. The molecule has 0 bridgehead atoms. The van der Waals surface area contributed by atoms with E-state index in [0.717, 1.165) is 16.2 Å². The van der Waals surface area contributed by atoms with Gasteiger partial charge >= 0.3 is 0 Å². The van der Waals surface area contributed by atoms with E-state index in [2.05, 4.69) is 18.8 Å². The topological polar surface area (TPSA) is 105 Å². The maximum Gasteiger partial charge on any atom is 0.271 e. The highest BCUT2D eigenvalue weighted by Crippen LogP contribution is 2.43. The fraction of sp³-hybridized carbons (Fsp3) is 0.333. The van der Waals surface area contributed by atoms with Gasteiger partial charge in [-0.15, -0.1) is 0 Å². The molecule has 1 aliphatic heterocycles. The number of ether oxygens (including phenoxy) is 2. The molecule has 0 unspecified atom stereocenters. The summed E-state index contributed by atoms with van der Waals surface area (Å²) in [6.45, 7) is 4.43. The fourth-order valence-corrected chi connectivity index (χ4v) is 3.49. The number of hydrogen-bond acceptors (Lipinski definition) is 6. The first-order valence-electron chi connectivity index (χ1n) is 7.12. The quantitative estimate of drug-likeness (QED) is 0.887. The highest BCUT2D eigenvalue weighted by Gasteiger charge is 2.22. The maximum absolute atomic E-state index is 11.4. The third-order valence-electron chi connectivity index (χ3n) is 3.66. The van der Waals surface area contributed by atoms with Crippen LogP contribution in [0.25, 0.3) is 0 Å². The average Bonchev–Trinajstić information content (AvgIpc) is 3.05. The van der Waals surface area contributed by atoms with Gasteiger partial charge in [-0.1, -0.05) is 25.6 Å². The van der Waals surface area contributed by atoms with E-state index in [1.165, 1.54) is 11.8 Å². The lowest BCUT2D eigenvalue weighted by atomic mass is 10.0. The Labute approximate surface area is 138 Å². The Morgan fingerprint density at radius 3 is 2.57 bits per heavy atom. The van der Waals surface area contributed by atoms with Crippen molar-refractivity contribution in [2.45, 2.75) is 29.8 Å². The number of primary amides is 1. The lowest BCUT2D eigenvalue weighted by Crippen LogP contribution is -2.14. The average molecular weight is 334 g/mol. The lowest BCUT2D eigenvalue weighted by molar-refractivity contribution is 0.0996. The Hall–Kier alpha value is -2.35. The van der Waals surface area contributed by atoms with Gasteiger partial charge in [-0.3, -0.25) is 4.79 Å². The standard InChI is InChI=1S/C15H18N4O3S/c1-7(2)8-4-9-10(22-6-21-9)5-11(8)23-15-18-12(14(17)20)13(16)19(15)3/h4-5,7H,6,16H2,1-3H3,(H2,17,20). The van der Waals surface area contributed by atoms with E-state index >= 15 is 0 Å². The number of imidazole rings is 1. The van der Waals surface area contributed by atoms with Crippen molar-refractivity contribution in [3.05, 3.63) is 23.4 Å². The molecule has 23 heavy (non-hydrogen) atoms. The Morgan fingerprint density at radius 1 is 1.35 bits per heavy atom. The normalized spacial score (nSPS) is 12.9. The summed E-state index contributed by atoms with van der Waals surface area (Å²) in [6, 6.07) is 3.91. The number of benzene rings is 1. The molecule has 0 spiro atoms. The van der Waals surface area contributed by atoms with Gasteiger partial charge in [0, 0.05) is 11.9 Å². The van der Waals surface area contributed by atoms with Crippen LogP contribution in [0.2, 0.25) is 0 Å². The van der Waals surface area contributed by atoms with Gasteiger partial charge in [0.1, 0.15) is 5.82 Å². The Kier molecular flexibility index (Phi) is 3.85. The number of carbonyl (C=O) groups excluding carboxylic acids is 1. The molecule has 7 nitrogen and oxygen atoms in total. The highest BCUT2D eigenvalue weighted by molar-refractivity contribution is 7.99. The second kappa shape index (κ2) is 5.69. The van der Waals surface area contributed by atoms with E-state index in [9.17, 15) is 4.79 Å². The molecule has 0 aliphatic carbocycles. The predicted octanol–water partition coefficient (Wildman–Crippen LogP) is 2.10. The molecule has 1 amide bonds. The number of fused-ring (bicyclic) bond motifs is 1. The molecule has 1 aromatic carbocycles. The number of hydrogen-bond donors (Lipinski definition) is 2. The molecule has 0 fully saturated rings. The van der Waals surface area contributed by atoms with Gasteiger partial charge < -0.3 is 25.5 Å². The summed E-state index contributed by atoms with van der Waals surface area (Å²) in [5.74, 6) is 1.36. The van der Waals surface area contributed by atoms with Crippen LogP contribution in [0.5, 0.6) is 11.5 Å². The summed E-state index contributed by atoms with van der Waals surface area (Å²) in [4.78, 5) is 16.6. The summed E-state index contributed by atoms with van der Waals surface area (Å²) in [5.41, 5.74) is 12.4. The van der Waals surface area contributed by atoms with Crippen molar-refractivity contribution >= 4 is 23.5 Å². The zero-order valence-corrected chi connectivity index (χ0v) is 13.9. The Morgan fingerprint density at radius 2 is 2.00 bits per heavy atom. The SMILES string of the molecule is CC(C)c1cc2c(cc1Sc1nc(C(N)=O)c(N)n1C)OCO2. The molecule has 2 heterocycles. The van der Waals surface area contributed by atoms with Crippen LogP contribution in [-0.2, 0) is 7.05 Å². The van der Waals surface area contributed by atoms with E-state index in [1.807, 2.05) is 12.1 Å². The van der Waals surface area contributed by atoms with Crippen molar-refractivity contribution in [1.82, 2.24) is 9.55 Å². The van der Waals surface area contributed by atoms with Crippen LogP contribution in [-0.4, -0.2) is 22.3 Å². The summed E-state index contributed by atoms with van der Waals surface area (Å²) < 4.78 is 12.5. The summed E-state index contributed by atoms with van der Waals surface area (Å²) >= 11 is 1.42. The van der Waals surface area contributed by atoms with Crippen LogP contribution < -0.4 is 20.9 Å². The number of nitrogens with zero attached hydrogens (tertiary/aromatic N) is 2. The van der Waals surface area contributed by atoms with Gasteiger partial charge in [-0.2, -0.15) is 0 Å². The molecule has 3 rings (SSSR count). The van der Waals surface area contributed by atoms with Crippen LogP contribution in [0, 0.1) is 0 Å². The van der Waals surface area contributed by atoms with Crippen LogP contribution in [0.3, 0.4) is 0 Å². The molecule has 1 aliphatic rings. The summed E-state index contributed by atoms with van der Waals surface area (Å²) in [5, 5.41) is 0.595. The minimum Gasteiger partial charge on any atom is -0.454 e. The molecule has 0 atom stereocenters. The van der Waals surface area contributed by atoms with Gasteiger partial charge in [0.15, 0.2) is 22.3 Å². The monoisotopic (exact) mass is 334 g/mol. The number of amides is 1. The molecular weight excluding hydrogens is 316 g/mol. The van der Waals surface area contributed by atoms with Gasteiger partial charge in [0.2, 0.25) is 6.79 Å². The van der Waals surface area contributed by atoms with Crippen molar-refractivity contribution in [2.24, 2.45) is 12.8 Å². The smallest absolute Gasteiger partial charge is 0.271 e. The number of anilines is 1. The highest BCUT2D eigenvalue weighted by atomic mass is 32.2. The largest absolute Gasteiger partial charge is 0.454 e. The predicted molar refractivity (Wildman–Crippen MR) is 86.9 cm³/mol. The maximum atomic E-state index is 11.4. The molecular formula is C15H18N4O3S. The second-order valence-electron chi connectivity index (χ2n) is 5.55. The first-order valence-corrected chi connectivity index (χ1v) is 7.93. The summed E-state index contributed by atoms with van der Waals surface area (Å²) in [6.07, 6.45) is 0. The van der Waals surface area contributed by atoms with E-state index < -0.39 is 5.91 Å². The third kappa shape index (κ3) is 2.70. The number of aromatic nitrogens is 2. The molecule has 0 radical (unpaired) electrons. The molecule has 0 saturated heterocycles. The van der Waals surface area contributed by atoms with Crippen molar-refractivity contribution in [3.63, 3.8) is 0 Å².